The van der Waals surface area contributed by atoms with Crippen molar-refractivity contribution in [2.45, 2.75) is 32.1 Å². The van der Waals surface area contributed by atoms with Crippen LogP contribution in [-0.2, 0) is 4.74 Å². The summed E-state index contributed by atoms with van der Waals surface area (Å²) in [6.07, 6.45) is 5.79. The lowest BCUT2D eigenvalue weighted by Crippen LogP contribution is -2.37. The zero-order chi connectivity index (χ0) is 18.3. The van der Waals surface area contributed by atoms with Gasteiger partial charge < -0.3 is 15.0 Å². The number of rotatable bonds is 5. The van der Waals surface area contributed by atoms with E-state index in [9.17, 15) is 0 Å². The third-order valence-corrected chi connectivity index (χ3v) is 4.69. The van der Waals surface area contributed by atoms with Crippen LogP contribution in [0.3, 0.4) is 0 Å². The number of nitrogens with one attached hydrogen (secondary N) is 2. The zero-order valence-electron chi connectivity index (χ0n) is 15.4. The molecular formula is C19H25N7O. The molecule has 27 heavy (non-hydrogen) atoms. The predicted octanol–water partition coefficient (Wildman–Crippen LogP) is 3.18. The summed E-state index contributed by atoms with van der Waals surface area (Å²) >= 11 is 0. The van der Waals surface area contributed by atoms with Crippen molar-refractivity contribution < 1.29 is 4.74 Å². The van der Waals surface area contributed by atoms with Crippen molar-refractivity contribution in [2.75, 3.05) is 41.9 Å². The first-order valence-electron chi connectivity index (χ1n) is 9.59. The molecule has 2 aliphatic rings. The maximum Gasteiger partial charge on any atom is 0.250 e. The Morgan fingerprint density at radius 1 is 0.889 bits per heavy atom. The normalized spacial score (nSPS) is 17.5. The van der Waals surface area contributed by atoms with Crippen LogP contribution in [0, 0.1) is 0 Å². The van der Waals surface area contributed by atoms with E-state index in [2.05, 4.69) is 35.7 Å². The molecule has 1 aliphatic carbocycles. The van der Waals surface area contributed by atoms with Gasteiger partial charge in [0, 0.05) is 24.5 Å². The van der Waals surface area contributed by atoms with Crippen LogP contribution in [0.1, 0.15) is 32.1 Å². The van der Waals surface area contributed by atoms with Gasteiger partial charge in [0.2, 0.25) is 17.8 Å². The van der Waals surface area contributed by atoms with Gasteiger partial charge in [-0.2, -0.15) is 20.1 Å². The van der Waals surface area contributed by atoms with Crippen molar-refractivity contribution >= 4 is 29.2 Å². The fourth-order valence-corrected chi connectivity index (χ4v) is 3.23. The van der Waals surface area contributed by atoms with Crippen molar-refractivity contribution in [1.82, 2.24) is 15.0 Å². The van der Waals surface area contributed by atoms with Gasteiger partial charge in [-0.1, -0.05) is 24.6 Å². The molecule has 0 atom stereocenters. The van der Waals surface area contributed by atoms with Crippen molar-refractivity contribution in [3.63, 3.8) is 0 Å². The third-order valence-electron chi connectivity index (χ3n) is 4.69. The molecule has 2 N–H and O–H groups in total. The highest BCUT2D eigenvalue weighted by Crippen LogP contribution is 2.19. The Kier molecular flexibility index (Phi) is 5.73. The molecule has 1 saturated carbocycles. The molecule has 0 bridgehead atoms. The molecule has 142 valence electrons. The number of benzene rings is 1. The second-order valence-corrected chi connectivity index (χ2v) is 6.72. The Morgan fingerprint density at radius 2 is 1.63 bits per heavy atom. The summed E-state index contributed by atoms with van der Waals surface area (Å²) in [5.41, 5.74) is 5.17. The van der Waals surface area contributed by atoms with E-state index in [0.717, 1.165) is 31.6 Å². The van der Waals surface area contributed by atoms with Crippen LogP contribution in [0.5, 0.6) is 0 Å². The summed E-state index contributed by atoms with van der Waals surface area (Å²) in [7, 11) is 0. The first kappa shape index (κ1) is 17.7. The van der Waals surface area contributed by atoms with E-state index in [1.165, 1.54) is 25.0 Å². The molecule has 0 spiro atoms. The van der Waals surface area contributed by atoms with Gasteiger partial charge >= 0.3 is 0 Å². The summed E-state index contributed by atoms with van der Waals surface area (Å²) in [6, 6.07) is 9.88. The monoisotopic (exact) mass is 367 g/mol. The van der Waals surface area contributed by atoms with Crippen molar-refractivity contribution in [2.24, 2.45) is 5.10 Å². The first-order valence-corrected chi connectivity index (χ1v) is 9.59. The van der Waals surface area contributed by atoms with Crippen molar-refractivity contribution in [3.05, 3.63) is 30.3 Å². The van der Waals surface area contributed by atoms with Gasteiger partial charge in [0.1, 0.15) is 0 Å². The van der Waals surface area contributed by atoms with E-state index in [1.807, 2.05) is 30.3 Å². The third kappa shape index (κ3) is 4.91. The van der Waals surface area contributed by atoms with Gasteiger partial charge in [-0.05, 0) is 37.8 Å². The standard InChI is InChI=1S/C19H25N7O/c1-3-7-15(8-4-1)20-17-21-18(25-24-16-9-5-2-6-10-16)23-19(22-17)26-11-13-27-14-12-26/h1,3-4,7-8H,2,5-6,9-14H2,(H2,20,21,22,23,25). The number of para-hydroxylation sites is 1. The van der Waals surface area contributed by atoms with Gasteiger partial charge in [0.15, 0.2) is 0 Å². The topological polar surface area (TPSA) is 87.6 Å². The van der Waals surface area contributed by atoms with E-state index >= 15 is 0 Å². The maximum atomic E-state index is 5.44. The quantitative estimate of drug-likeness (QED) is 0.785. The molecular weight excluding hydrogens is 342 g/mol. The summed E-state index contributed by atoms with van der Waals surface area (Å²) in [5, 5.41) is 7.78. The molecule has 1 saturated heterocycles. The number of aromatic nitrogens is 3. The average Bonchev–Trinajstić information content (AvgIpc) is 2.74. The van der Waals surface area contributed by atoms with E-state index in [1.54, 1.807) is 0 Å². The molecule has 1 aromatic carbocycles. The number of anilines is 4. The van der Waals surface area contributed by atoms with E-state index in [0.29, 0.717) is 31.1 Å². The van der Waals surface area contributed by atoms with E-state index in [-0.39, 0.29) is 0 Å². The Bertz CT molecular complexity index is 767. The van der Waals surface area contributed by atoms with Crippen LogP contribution in [0.15, 0.2) is 35.4 Å². The molecule has 1 aromatic heterocycles. The number of hydrazone groups is 1. The smallest absolute Gasteiger partial charge is 0.250 e. The lowest BCUT2D eigenvalue weighted by atomic mass is 9.99. The second-order valence-electron chi connectivity index (χ2n) is 6.72. The molecule has 0 radical (unpaired) electrons. The SMILES string of the molecule is c1ccc(Nc2nc(NN=C3CCCCC3)nc(N3CCOCC3)n2)cc1. The number of nitrogens with zero attached hydrogens (tertiary/aromatic N) is 5. The van der Waals surface area contributed by atoms with Crippen LogP contribution in [-0.4, -0.2) is 47.0 Å². The van der Waals surface area contributed by atoms with Crippen molar-refractivity contribution in [3.8, 4) is 0 Å². The van der Waals surface area contributed by atoms with Crippen LogP contribution in [0.25, 0.3) is 0 Å². The highest BCUT2D eigenvalue weighted by atomic mass is 16.5. The van der Waals surface area contributed by atoms with Gasteiger partial charge in [0.05, 0.1) is 13.2 Å². The van der Waals surface area contributed by atoms with Crippen molar-refractivity contribution in [1.29, 1.82) is 0 Å². The minimum absolute atomic E-state index is 0.461. The van der Waals surface area contributed by atoms with Gasteiger partial charge in [-0.25, -0.2) is 5.43 Å². The summed E-state index contributed by atoms with van der Waals surface area (Å²) in [4.78, 5) is 15.8. The Morgan fingerprint density at radius 3 is 2.41 bits per heavy atom. The number of hydrogen-bond acceptors (Lipinski definition) is 8. The van der Waals surface area contributed by atoms with Gasteiger partial charge in [-0.15, -0.1) is 0 Å². The lowest BCUT2D eigenvalue weighted by Gasteiger charge is -2.27. The average molecular weight is 367 g/mol. The highest BCUT2D eigenvalue weighted by Gasteiger charge is 2.17. The van der Waals surface area contributed by atoms with Gasteiger partial charge in [0.25, 0.3) is 0 Å². The fourth-order valence-electron chi connectivity index (χ4n) is 3.23. The highest BCUT2D eigenvalue weighted by molar-refractivity contribution is 5.85. The van der Waals surface area contributed by atoms with E-state index < -0.39 is 0 Å². The van der Waals surface area contributed by atoms with Crippen LogP contribution < -0.4 is 15.6 Å². The summed E-state index contributed by atoms with van der Waals surface area (Å²) in [6.45, 7) is 2.89. The van der Waals surface area contributed by atoms with Crippen LogP contribution >= 0.6 is 0 Å². The minimum Gasteiger partial charge on any atom is -0.378 e. The molecule has 8 heteroatoms. The summed E-state index contributed by atoms with van der Waals surface area (Å²) < 4.78 is 5.44. The molecule has 0 amide bonds. The van der Waals surface area contributed by atoms with Crippen LogP contribution in [0.2, 0.25) is 0 Å². The Hall–Kier alpha value is -2.74. The Labute approximate surface area is 159 Å². The van der Waals surface area contributed by atoms with Crippen LogP contribution in [0.4, 0.5) is 23.5 Å². The zero-order valence-corrected chi connectivity index (χ0v) is 15.4. The molecule has 2 heterocycles. The lowest BCUT2D eigenvalue weighted by molar-refractivity contribution is 0.122. The molecule has 1 aliphatic heterocycles. The molecule has 0 unspecified atom stereocenters. The second kappa shape index (κ2) is 8.77. The van der Waals surface area contributed by atoms with Gasteiger partial charge in [-0.3, -0.25) is 0 Å². The molecule has 2 aromatic rings. The summed E-state index contributed by atoms with van der Waals surface area (Å²) in [5.74, 6) is 1.60. The number of morpholine rings is 1. The largest absolute Gasteiger partial charge is 0.378 e. The first-order chi connectivity index (χ1) is 13.4. The van der Waals surface area contributed by atoms with E-state index in [4.69, 9.17) is 4.74 Å². The molecule has 4 rings (SSSR count). The molecule has 8 nitrogen and oxygen atoms in total. The number of ether oxygens (including phenoxy) is 1. The number of hydrogen-bond donors (Lipinski definition) is 2. The Balaban J connectivity index is 1.57. The predicted molar refractivity (Wildman–Crippen MR) is 107 cm³/mol. The fraction of sp³-hybridized carbons (Fsp3) is 0.474. The molecule has 2 fully saturated rings. The minimum atomic E-state index is 0.461. The maximum absolute atomic E-state index is 5.44.